The minimum Gasteiger partial charge on any atom is -0.497 e. The van der Waals surface area contributed by atoms with E-state index in [-0.39, 0.29) is 17.2 Å². The summed E-state index contributed by atoms with van der Waals surface area (Å²) in [5.41, 5.74) is 1.74. The summed E-state index contributed by atoms with van der Waals surface area (Å²) in [7, 11) is 1.57. The van der Waals surface area contributed by atoms with E-state index in [0.717, 1.165) is 0 Å². The van der Waals surface area contributed by atoms with Crippen LogP contribution < -0.4 is 15.6 Å². The molecular formula is C15H17N3O3S. The molecule has 0 radical (unpaired) electrons. The van der Waals surface area contributed by atoms with Gasteiger partial charge in [0.25, 0.3) is 5.56 Å². The predicted molar refractivity (Wildman–Crippen MR) is 86.7 cm³/mol. The summed E-state index contributed by atoms with van der Waals surface area (Å²) in [6, 6.07) is 7.11. The smallest absolute Gasteiger partial charge is 0.254 e. The number of carbonyl (C=O) groups excluding carboxylic acids is 1. The second kappa shape index (κ2) is 7.13. The molecule has 2 rings (SSSR count). The van der Waals surface area contributed by atoms with Crippen LogP contribution in [0.5, 0.6) is 5.75 Å². The Balaban J connectivity index is 1.97. The fourth-order valence-electron chi connectivity index (χ4n) is 1.72. The lowest BCUT2D eigenvalue weighted by atomic mass is 10.3. The van der Waals surface area contributed by atoms with E-state index in [1.165, 1.54) is 11.8 Å². The normalized spacial score (nSPS) is 10.3. The number of carbonyl (C=O) groups is 1. The van der Waals surface area contributed by atoms with Gasteiger partial charge in [-0.25, -0.2) is 4.98 Å². The number of ether oxygens (including phenoxy) is 1. The quantitative estimate of drug-likeness (QED) is 0.651. The van der Waals surface area contributed by atoms with Crippen LogP contribution >= 0.6 is 11.8 Å². The SMILES string of the molecule is COc1cccc(NC(=O)CSc2nc(C)c(C)c(=O)[nH]2)c1. The van der Waals surface area contributed by atoms with Gasteiger partial charge < -0.3 is 15.0 Å². The lowest BCUT2D eigenvalue weighted by Gasteiger charge is -2.07. The summed E-state index contributed by atoms with van der Waals surface area (Å²) < 4.78 is 5.10. The monoisotopic (exact) mass is 319 g/mol. The van der Waals surface area contributed by atoms with Crippen molar-refractivity contribution in [1.29, 1.82) is 0 Å². The van der Waals surface area contributed by atoms with Crippen LogP contribution in [0.3, 0.4) is 0 Å². The third kappa shape index (κ3) is 4.11. The molecule has 0 bridgehead atoms. The van der Waals surface area contributed by atoms with Crippen molar-refractivity contribution in [3.63, 3.8) is 0 Å². The molecule has 1 aromatic carbocycles. The molecule has 1 amide bonds. The lowest BCUT2D eigenvalue weighted by molar-refractivity contribution is -0.113. The maximum absolute atomic E-state index is 11.9. The number of aryl methyl sites for hydroxylation is 1. The summed E-state index contributed by atoms with van der Waals surface area (Å²) in [5.74, 6) is 0.646. The minimum atomic E-state index is -0.181. The van der Waals surface area contributed by atoms with Crippen molar-refractivity contribution in [1.82, 2.24) is 9.97 Å². The molecule has 7 heteroatoms. The van der Waals surface area contributed by atoms with Crippen LogP contribution in [-0.2, 0) is 4.79 Å². The fourth-order valence-corrected chi connectivity index (χ4v) is 2.43. The highest BCUT2D eigenvalue weighted by Gasteiger charge is 2.08. The number of hydrogen-bond acceptors (Lipinski definition) is 5. The van der Waals surface area contributed by atoms with Crippen molar-refractivity contribution in [3.8, 4) is 5.75 Å². The van der Waals surface area contributed by atoms with Crippen LogP contribution in [0, 0.1) is 13.8 Å². The van der Waals surface area contributed by atoms with Crippen LogP contribution in [0.25, 0.3) is 0 Å². The molecule has 22 heavy (non-hydrogen) atoms. The van der Waals surface area contributed by atoms with Crippen LogP contribution in [0.1, 0.15) is 11.3 Å². The van der Waals surface area contributed by atoms with Gasteiger partial charge in [0.15, 0.2) is 5.16 Å². The van der Waals surface area contributed by atoms with Crippen LogP contribution in [0.4, 0.5) is 5.69 Å². The van der Waals surface area contributed by atoms with Gasteiger partial charge in [-0.3, -0.25) is 9.59 Å². The number of amides is 1. The molecule has 2 aromatic rings. The van der Waals surface area contributed by atoms with Gasteiger partial charge in [0, 0.05) is 23.0 Å². The molecule has 2 N–H and O–H groups in total. The number of H-pyrrole nitrogens is 1. The Morgan fingerprint density at radius 1 is 1.41 bits per heavy atom. The molecule has 1 heterocycles. The van der Waals surface area contributed by atoms with Crippen molar-refractivity contribution in [3.05, 3.63) is 45.9 Å². The maximum Gasteiger partial charge on any atom is 0.254 e. The third-order valence-electron chi connectivity index (χ3n) is 3.07. The summed E-state index contributed by atoms with van der Waals surface area (Å²) >= 11 is 1.18. The molecule has 0 aliphatic rings. The molecule has 0 fully saturated rings. The summed E-state index contributed by atoms with van der Waals surface area (Å²) in [6.07, 6.45) is 0. The van der Waals surface area contributed by atoms with Gasteiger partial charge in [0.2, 0.25) is 5.91 Å². The Hall–Kier alpha value is -2.28. The number of nitrogens with one attached hydrogen (secondary N) is 2. The number of thioether (sulfide) groups is 1. The van der Waals surface area contributed by atoms with E-state index in [4.69, 9.17) is 4.74 Å². The minimum absolute atomic E-state index is 0.155. The molecule has 0 unspecified atom stereocenters. The highest BCUT2D eigenvalue weighted by Crippen LogP contribution is 2.18. The highest BCUT2D eigenvalue weighted by atomic mass is 32.2. The molecular weight excluding hydrogens is 302 g/mol. The van der Waals surface area contributed by atoms with Gasteiger partial charge in [-0.1, -0.05) is 17.8 Å². The van der Waals surface area contributed by atoms with E-state index in [1.54, 1.807) is 45.2 Å². The number of methoxy groups -OCH3 is 1. The Morgan fingerprint density at radius 2 is 2.18 bits per heavy atom. The number of aromatic amines is 1. The van der Waals surface area contributed by atoms with E-state index in [9.17, 15) is 9.59 Å². The molecule has 6 nitrogen and oxygen atoms in total. The summed E-state index contributed by atoms with van der Waals surface area (Å²) in [5, 5.41) is 3.21. The zero-order valence-corrected chi connectivity index (χ0v) is 13.4. The van der Waals surface area contributed by atoms with Crippen molar-refractivity contribution < 1.29 is 9.53 Å². The zero-order chi connectivity index (χ0) is 16.1. The van der Waals surface area contributed by atoms with E-state index in [0.29, 0.717) is 27.9 Å². The molecule has 0 spiro atoms. The summed E-state index contributed by atoms with van der Waals surface area (Å²) in [6.45, 7) is 3.48. The molecule has 0 aliphatic heterocycles. The standard InChI is InChI=1S/C15H17N3O3S/c1-9-10(2)16-15(18-14(9)20)22-8-13(19)17-11-5-4-6-12(7-11)21-3/h4-7H,8H2,1-3H3,(H,17,19)(H,16,18,20). The van der Waals surface area contributed by atoms with Crippen LogP contribution in [-0.4, -0.2) is 28.7 Å². The molecule has 116 valence electrons. The van der Waals surface area contributed by atoms with E-state index in [2.05, 4.69) is 15.3 Å². The number of rotatable bonds is 5. The molecule has 0 saturated carbocycles. The number of hydrogen-bond donors (Lipinski definition) is 2. The Kier molecular flexibility index (Phi) is 5.21. The van der Waals surface area contributed by atoms with Crippen LogP contribution in [0.2, 0.25) is 0 Å². The first kappa shape index (κ1) is 16.1. The Bertz CT molecular complexity index is 743. The van der Waals surface area contributed by atoms with Crippen molar-refractivity contribution in [2.75, 3.05) is 18.2 Å². The van der Waals surface area contributed by atoms with Crippen molar-refractivity contribution >= 4 is 23.4 Å². The predicted octanol–water partition coefficient (Wildman–Crippen LogP) is 2.13. The van der Waals surface area contributed by atoms with Gasteiger partial charge in [-0.15, -0.1) is 0 Å². The Morgan fingerprint density at radius 3 is 2.86 bits per heavy atom. The maximum atomic E-state index is 11.9. The van der Waals surface area contributed by atoms with Gasteiger partial charge in [0.1, 0.15) is 5.75 Å². The van der Waals surface area contributed by atoms with Crippen LogP contribution in [0.15, 0.2) is 34.2 Å². The lowest BCUT2D eigenvalue weighted by Crippen LogP contribution is -2.17. The average molecular weight is 319 g/mol. The molecule has 0 atom stereocenters. The number of benzene rings is 1. The third-order valence-corrected chi connectivity index (χ3v) is 3.94. The van der Waals surface area contributed by atoms with E-state index >= 15 is 0 Å². The largest absolute Gasteiger partial charge is 0.497 e. The second-order valence-electron chi connectivity index (χ2n) is 4.65. The molecule has 0 saturated heterocycles. The topological polar surface area (TPSA) is 84.1 Å². The Labute approximate surface area is 132 Å². The number of aromatic nitrogens is 2. The van der Waals surface area contributed by atoms with Crippen molar-refractivity contribution in [2.45, 2.75) is 19.0 Å². The fraction of sp³-hybridized carbons (Fsp3) is 0.267. The molecule has 1 aromatic heterocycles. The van der Waals surface area contributed by atoms with Gasteiger partial charge in [0.05, 0.1) is 12.9 Å². The van der Waals surface area contributed by atoms with Gasteiger partial charge in [-0.2, -0.15) is 0 Å². The zero-order valence-electron chi connectivity index (χ0n) is 12.6. The van der Waals surface area contributed by atoms with Crippen molar-refractivity contribution in [2.24, 2.45) is 0 Å². The highest BCUT2D eigenvalue weighted by molar-refractivity contribution is 7.99. The van der Waals surface area contributed by atoms with Gasteiger partial charge >= 0.3 is 0 Å². The average Bonchev–Trinajstić information content (AvgIpc) is 2.50. The molecule has 0 aliphatic carbocycles. The first-order chi connectivity index (χ1) is 10.5. The second-order valence-corrected chi connectivity index (χ2v) is 5.61. The first-order valence-corrected chi connectivity index (χ1v) is 7.62. The van der Waals surface area contributed by atoms with Gasteiger partial charge in [-0.05, 0) is 26.0 Å². The summed E-state index contributed by atoms with van der Waals surface area (Å²) in [4.78, 5) is 30.5. The van der Waals surface area contributed by atoms with E-state index in [1.807, 2.05) is 0 Å². The first-order valence-electron chi connectivity index (χ1n) is 6.64. The van der Waals surface area contributed by atoms with E-state index < -0.39 is 0 Å². The number of anilines is 1. The number of nitrogens with zero attached hydrogens (tertiary/aromatic N) is 1.